The smallest absolute Gasteiger partial charge is 0.240 e. The van der Waals surface area contributed by atoms with Gasteiger partial charge in [-0.2, -0.15) is 0 Å². The average molecular weight is 285 g/mol. The Hall–Kier alpha value is -0.910. The summed E-state index contributed by atoms with van der Waals surface area (Å²) in [6.07, 6.45) is 0.803. The van der Waals surface area contributed by atoms with E-state index in [1.165, 1.54) is 0 Å². The lowest BCUT2D eigenvalue weighted by Crippen LogP contribution is -2.26. The zero-order valence-corrected chi connectivity index (χ0v) is 12.8. The first-order valence-corrected chi connectivity index (χ1v) is 7.97. The maximum atomic E-state index is 12.3. The molecule has 0 radical (unpaired) electrons. The summed E-state index contributed by atoms with van der Waals surface area (Å²) in [6, 6.07) is 3.35. The molecule has 108 valence electrons. The van der Waals surface area contributed by atoms with E-state index in [2.05, 4.69) is 18.6 Å². The summed E-state index contributed by atoms with van der Waals surface area (Å²) in [5.41, 5.74) is 2.22. The normalized spacial score (nSPS) is 12.1. The third-order valence-electron chi connectivity index (χ3n) is 3.17. The van der Waals surface area contributed by atoms with E-state index in [1.807, 2.05) is 13.0 Å². The van der Waals surface area contributed by atoms with Gasteiger partial charge < -0.3 is 5.11 Å². The summed E-state index contributed by atoms with van der Waals surface area (Å²) in [5, 5.41) is 9.18. The van der Waals surface area contributed by atoms with E-state index in [0.717, 1.165) is 17.5 Å². The third kappa shape index (κ3) is 4.30. The summed E-state index contributed by atoms with van der Waals surface area (Å²) in [4.78, 5) is 0.264. The van der Waals surface area contributed by atoms with E-state index >= 15 is 0 Å². The molecule has 1 aromatic carbocycles. The van der Waals surface area contributed by atoms with Crippen LogP contribution in [-0.4, -0.2) is 20.1 Å². The number of nitrogens with one attached hydrogen (secondary N) is 1. The van der Waals surface area contributed by atoms with Gasteiger partial charge in [-0.1, -0.05) is 19.9 Å². The molecule has 0 fully saturated rings. The molecule has 0 saturated heterocycles. The van der Waals surface area contributed by atoms with Crippen molar-refractivity contribution < 1.29 is 13.5 Å². The number of benzene rings is 1. The molecule has 0 bridgehead atoms. The number of hydrogen-bond donors (Lipinski definition) is 2. The molecule has 0 spiro atoms. The number of sulfonamides is 1. The molecule has 2 N–H and O–H groups in total. The fourth-order valence-electron chi connectivity index (χ4n) is 1.83. The Balaban J connectivity index is 3.03. The lowest BCUT2D eigenvalue weighted by Gasteiger charge is -2.13. The topological polar surface area (TPSA) is 66.4 Å². The zero-order chi connectivity index (χ0) is 14.6. The molecule has 0 amide bonds. The van der Waals surface area contributed by atoms with Gasteiger partial charge in [0.15, 0.2) is 0 Å². The lowest BCUT2D eigenvalue weighted by atomic mass is 10.1. The molecule has 0 saturated carbocycles. The molecule has 19 heavy (non-hydrogen) atoms. The Morgan fingerprint density at radius 2 is 1.89 bits per heavy atom. The monoisotopic (exact) mass is 285 g/mol. The highest BCUT2D eigenvalue weighted by Crippen LogP contribution is 2.21. The molecule has 1 aromatic rings. The van der Waals surface area contributed by atoms with Crippen molar-refractivity contribution in [3.8, 4) is 0 Å². The van der Waals surface area contributed by atoms with Crippen LogP contribution in [0.2, 0.25) is 0 Å². The molecule has 0 atom stereocenters. The number of hydrogen-bond acceptors (Lipinski definition) is 3. The second-order valence-corrected chi connectivity index (χ2v) is 7.01. The summed E-state index contributed by atoms with van der Waals surface area (Å²) in [5.74, 6) is 0.453. The van der Waals surface area contributed by atoms with Gasteiger partial charge in [-0.3, -0.25) is 0 Å². The molecule has 0 aliphatic rings. The summed E-state index contributed by atoms with van der Waals surface area (Å²) >= 11 is 0. The van der Waals surface area contributed by atoms with E-state index in [4.69, 9.17) is 0 Å². The van der Waals surface area contributed by atoms with Crippen molar-refractivity contribution in [3.05, 3.63) is 28.8 Å². The van der Waals surface area contributed by atoms with Crippen LogP contribution in [0.25, 0.3) is 0 Å². The Morgan fingerprint density at radius 1 is 1.26 bits per heavy atom. The van der Waals surface area contributed by atoms with Gasteiger partial charge in [0.25, 0.3) is 0 Å². The summed E-state index contributed by atoms with van der Waals surface area (Å²) in [6.45, 7) is 8.01. The van der Waals surface area contributed by atoms with Gasteiger partial charge in [-0.05, 0) is 48.9 Å². The number of aryl methyl sites for hydroxylation is 1. The van der Waals surface area contributed by atoms with Crippen molar-refractivity contribution in [1.82, 2.24) is 4.72 Å². The fraction of sp³-hybridized carbons (Fsp3) is 0.571. The van der Waals surface area contributed by atoms with E-state index in [0.29, 0.717) is 18.0 Å². The molecular weight excluding hydrogens is 262 g/mol. The maximum absolute atomic E-state index is 12.3. The second kappa shape index (κ2) is 6.50. The van der Waals surface area contributed by atoms with Crippen LogP contribution in [0.5, 0.6) is 0 Å². The van der Waals surface area contributed by atoms with E-state index in [9.17, 15) is 13.5 Å². The summed E-state index contributed by atoms with van der Waals surface area (Å²) in [7, 11) is -3.50. The minimum atomic E-state index is -3.50. The van der Waals surface area contributed by atoms with E-state index in [-0.39, 0.29) is 11.5 Å². The highest BCUT2D eigenvalue weighted by atomic mass is 32.2. The van der Waals surface area contributed by atoms with Crippen LogP contribution < -0.4 is 4.72 Å². The van der Waals surface area contributed by atoms with Crippen LogP contribution in [0.1, 0.15) is 37.0 Å². The molecule has 5 heteroatoms. The SMILES string of the molecule is Cc1cc(CO)cc(S(=O)(=O)NCCC(C)C)c1C. The Kier molecular flexibility index (Phi) is 5.52. The van der Waals surface area contributed by atoms with Crippen LogP contribution in [0, 0.1) is 19.8 Å². The second-order valence-electron chi connectivity index (χ2n) is 5.27. The first kappa shape index (κ1) is 16.1. The minimum absolute atomic E-state index is 0.157. The molecule has 0 aliphatic heterocycles. The molecule has 0 unspecified atom stereocenters. The maximum Gasteiger partial charge on any atom is 0.240 e. The van der Waals surface area contributed by atoms with Crippen molar-refractivity contribution in [2.75, 3.05) is 6.54 Å². The molecule has 0 heterocycles. The number of aliphatic hydroxyl groups excluding tert-OH is 1. The Morgan fingerprint density at radius 3 is 2.42 bits per heavy atom. The van der Waals surface area contributed by atoms with Crippen molar-refractivity contribution in [2.24, 2.45) is 5.92 Å². The zero-order valence-electron chi connectivity index (χ0n) is 12.0. The predicted molar refractivity (Wildman–Crippen MR) is 76.5 cm³/mol. The average Bonchev–Trinajstić information content (AvgIpc) is 2.31. The largest absolute Gasteiger partial charge is 0.392 e. The van der Waals surface area contributed by atoms with E-state index < -0.39 is 10.0 Å². The first-order valence-electron chi connectivity index (χ1n) is 6.48. The highest BCUT2D eigenvalue weighted by Gasteiger charge is 2.18. The van der Waals surface area contributed by atoms with Gasteiger partial charge in [-0.25, -0.2) is 13.1 Å². The van der Waals surface area contributed by atoms with Crippen LogP contribution in [0.15, 0.2) is 17.0 Å². The van der Waals surface area contributed by atoms with Gasteiger partial charge >= 0.3 is 0 Å². The quantitative estimate of drug-likeness (QED) is 0.841. The molecular formula is C14H23NO3S. The van der Waals surface area contributed by atoms with Crippen molar-refractivity contribution in [3.63, 3.8) is 0 Å². The van der Waals surface area contributed by atoms with E-state index in [1.54, 1.807) is 13.0 Å². The van der Waals surface area contributed by atoms with Crippen molar-refractivity contribution in [1.29, 1.82) is 0 Å². The van der Waals surface area contributed by atoms with Crippen LogP contribution in [0.4, 0.5) is 0 Å². The van der Waals surface area contributed by atoms with Crippen LogP contribution in [-0.2, 0) is 16.6 Å². The Bertz CT molecular complexity index is 536. The number of aliphatic hydroxyl groups is 1. The van der Waals surface area contributed by atoms with Gasteiger partial charge in [-0.15, -0.1) is 0 Å². The third-order valence-corrected chi connectivity index (χ3v) is 4.75. The van der Waals surface area contributed by atoms with Crippen LogP contribution in [0.3, 0.4) is 0 Å². The van der Waals surface area contributed by atoms with Gasteiger partial charge in [0, 0.05) is 6.54 Å². The standard InChI is InChI=1S/C14H23NO3S/c1-10(2)5-6-15-19(17,18)14-8-13(9-16)7-11(3)12(14)4/h7-8,10,15-16H,5-6,9H2,1-4H3. The summed E-state index contributed by atoms with van der Waals surface area (Å²) < 4.78 is 27.1. The predicted octanol–water partition coefficient (Wildman–Crippen LogP) is 2.12. The molecule has 0 aromatic heterocycles. The minimum Gasteiger partial charge on any atom is -0.392 e. The Labute approximate surface area is 115 Å². The van der Waals surface area contributed by atoms with Gasteiger partial charge in [0.1, 0.15) is 0 Å². The van der Waals surface area contributed by atoms with Gasteiger partial charge in [0.05, 0.1) is 11.5 Å². The number of rotatable bonds is 6. The van der Waals surface area contributed by atoms with Crippen molar-refractivity contribution in [2.45, 2.75) is 45.6 Å². The molecule has 1 rings (SSSR count). The molecule has 0 aliphatic carbocycles. The van der Waals surface area contributed by atoms with Gasteiger partial charge in [0.2, 0.25) is 10.0 Å². The van der Waals surface area contributed by atoms with Crippen LogP contribution >= 0.6 is 0 Å². The lowest BCUT2D eigenvalue weighted by molar-refractivity contribution is 0.281. The molecule has 4 nitrogen and oxygen atoms in total. The highest BCUT2D eigenvalue weighted by molar-refractivity contribution is 7.89. The van der Waals surface area contributed by atoms with Crippen molar-refractivity contribution >= 4 is 10.0 Å². The fourth-order valence-corrected chi connectivity index (χ4v) is 3.24. The first-order chi connectivity index (χ1) is 8.77.